The van der Waals surface area contributed by atoms with Gasteiger partial charge in [-0.25, -0.2) is 4.98 Å². The lowest BCUT2D eigenvalue weighted by atomic mass is 10.2. The summed E-state index contributed by atoms with van der Waals surface area (Å²) >= 11 is 5.89. The Morgan fingerprint density at radius 1 is 1.22 bits per heavy atom. The van der Waals surface area contributed by atoms with Gasteiger partial charge in [-0.05, 0) is 36.2 Å². The Morgan fingerprint density at radius 3 is 2.78 bits per heavy atom. The van der Waals surface area contributed by atoms with E-state index >= 15 is 0 Å². The fourth-order valence-corrected chi connectivity index (χ4v) is 1.81. The molecule has 0 bridgehead atoms. The molecule has 4 heteroatoms. The Morgan fingerprint density at radius 2 is 2.06 bits per heavy atom. The average Bonchev–Trinajstić information content (AvgIpc) is 2.36. The van der Waals surface area contributed by atoms with Gasteiger partial charge in [-0.1, -0.05) is 23.7 Å². The topological polar surface area (TPSA) is 31.4 Å². The summed E-state index contributed by atoms with van der Waals surface area (Å²) in [5.41, 5.74) is 2.09. The van der Waals surface area contributed by atoms with Crippen molar-refractivity contribution in [3.8, 4) is 11.6 Å². The van der Waals surface area contributed by atoms with Gasteiger partial charge in [-0.2, -0.15) is 0 Å². The third-order valence-electron chi connectivity index (χ3n) is 2.43. The molecule has 1 aromatic carbocycles. The second-order valence-corrected chi connectivity index (χ2v) is 4.33. The molecule has 94 valence electrons. The molecule has 3 nitrogen and oxygen atoms in total. The van der Waals surface area contributed by atoms with E-state index in [0.29, 0.717) is 17.6 Å². The first-order valence-electron chi connectivity index (χ1n) is 5.57. The molecule has 0 saturated heterocycles. The number of pyridine rings is 1. The highest BCUT2D eigenvalue weighted by Gasteiger charge is 2.02. The fraction of sp³-hybridized carbons (Fsp3) is 0.214. The molecule has 0 fully saturated rings. The van der Waals surface area contributed by atoms with Crippen LogP contribution >= 0.6 is 11.6 Å². The average molecular weight is 264 g/mol. The van der Waals surface area contributed by atoms with E-state index in [2.05, 4.69) is 4.98 Å². The smallest absolute Gasteiger partial charge is 0.214 e. The monoisotopic (exact) mass is 263 g/mol. The van der Waals surface area contributed by atoms with Crippen LogP contribution in [0.4, 0.5) is 0 Å². The summed E-state index contributed by atoms with van der Waals surface area (Å²) in [6.45, 7) is 2.46. The SMILES string of the molecule is COc1cc(COc2cccc(C)c2)cc(Cl)n1. The van der Waals surface area contributed by atoms with E-state index in [1.807, 2.05) is 37.3 Å². The second kappa shape index (κ2) is 5.74. The van der Waals surface area contributed by atoms with Gasteiger partial charge in [0.1, 0.15) is 17.5 Å². The summed E-state index contributed by atoms with van der Waals surface area (Å²) < 4.78 is 10.7. The van der Waals surface area contributed by atoms with Crippen LogP contribution in [0.1, 0.15) is 11.1 Å². The molecular formula is C14H14ClNO2. The summed E-state index contributed by atoms with van der Waals surface area (Å²) in [7, 11) is 1.56. The van der Waals surface area contributed by atoms with E-state index in [0.717, 1.165) is 16.9 Å². The van der Waals surface area contributed by atoms with Gasteiger partial charge in [0.15, 0.2) is 0 Å². The molecule has 0 saturated carbocycles. The third-order valence-corrected chi connectivity index (χ3v) is 2.63. The Labute approximate surface area is 111 Å². The highest BCUT2D eigenvalue weighted by molar-refractivity contribution is 6.29. The van der Waals surface area contributed by atoms with Crippen LogP contribution < -0.4 is 9.47 Å². The fourth-order valence-electron chi connectivity index (χ4n) is 1.58. The third kappa shape index (κ3) is 3.37. The van der Waals surface area contributed by atoms with Crippen molar-refractivity contribution >= 4 is 11.6 Å². The lowest BCUT2D eigenvalue weighted by Gasteiger charge is -2.08. The number of halogens is 1. The first-order chi connectivity index (χ1) is 8.67. The van der Waals surface area contributed by atoms with Crippen LogP contribution in [0.15, 0.2) is 36.4 Å². The molecule has 2 aromatic rings. The lowest BCUT2D eigenvalue weighted by Crippen LogP contribution is -1.98. The van der Waals surface area contributed by atoms with E-state index in [1.165, 1.54) is 0 Å². The van der Waals surface area contributed by atoms with Crippen molar-refractivity contribution in [2.24, 2.45) is 0 Å². The summed E-state index contributed by atoms with van der Waals surface area (Å²) in [6, 6.07) is 11.5. The van der Waals surface area contributed by atoms with Crippen LogP contribution in [0.2, 0.25) is 5.15 Å². The highest BCUT2D eigenvalue weighted by Crippen LogP contribution is 2.19. The largest absolute Gasteiger partial charge is 0.489 e. The van der Waals surface area contributed by atoms with E-state index < -0.39 is 0 Å². The maximum Gasteiger partial charge on any atom is 0.214 e. The Kier molecular flexibility index (Phi) is 4.05. The summed E-state index contributed by atoms with van der Waals surface area (Å²) in [5, 5.41) is 0.400. The number of aromatic nitrogens is 1. The van der Waals surface area contributed by atoms with Crippen molar-refractivity contribution < 1.29 is 9.47 Å². The van der Waals surface area contributed by atoms with Gasteiger partial charge in [0, 0.05) is 6.07 Å². The number of ether oxygens (including phenoxy) is 2. The van der Waals surface area contributed by atoms with Gasteiger partial charge >= 0.3 is 0 Å². The quantitative estimate of drug-likeness (QED) is 0.790. The Bertz CT molecular complexity index is 543. The molecule has 1 aromatic heterocycles. The Hall–Kier alpha value is -1.74. The maximum atomic E-state index is 5.89. The molecule has 0 atom stereocenters. The molecule has 2 rings (SSSR count). The summed E-state index contributed by atoms with van der Waals surface area (Å²) in [6.07, 6.45) is 0. The van der Waals surface area contributed by atoms with Crippen molar-refractivity contribution in [2.75, 3.05) is 7.11 Å². The molecule has 0 radical (unpaired) electrons. The predicted molar refractivity (Wildman–Crippen MR) is 71.3 cm³/mol. The van der Waals surface area contributed by atoms with Gasteiger partial charge < -0.3 is 9.47 Å². The molecule has 0 amide bonds. The van der Waals surface area contributed by atoms with Gasteiger partial charge in [0.25, 0.3) is 0 Å². The zero-order valence-electron chi connectivity index (χ0n) is 10.3. The van der Waals surface area contributed by atoms with Gasteiger partial charge in [0.2, 0.25) is 5.88 Å². The van der Waals surface area contributed by atoms with Crippen molar-refractivity contribution in [1.29, 1.82) is 0 Å². The van der Waals surface area contributed by atoms with Crippen LogP contribution in [-0.4, -0.2) is 12.1 Å². The number of nitrogens with zero attached hydrogens (tertiary/aromatic N) is 1. The first-order valence-corrected chi connectivity index (χ1v) is 5.95. The summed E-state index contributed by atoms with van der Waals surface area (Å²) in [5.74, 6) is 1.33. The number of methoxy groups -OCH3 is 1. The van der Waals surface area contributed by atoms with Gasteiger partial charge in [-0.3, -0.25) is 0 Å². The van der Waals surface area contributed by atoms with E-state index in [4.69, 9.17) is 21.1 Å². The molecule has 1 heterocycles. The standard InChI is InChI=1S/C14H14ClNO2/c1-10-4-3-5-12(6-10)18-9-11-7-13(15)16-14(8-11)17-2/h3-8H,9H2,1-2H3. The van der Waals surface area contributed by atoms with Crippen LogP contribution in [0, 0.1) is 6.92 Å². The molecule has 18 heavy (non-hydrogen) atoms. The van der Waals surface area contributed by atoms with Crippen molar-refractivity contribution in [2.45, 2.75) is 13.5 Å². The molecule has 0 aliphatic rings. The van der Waals surface area contributed by atoms with Crippen molar-refractivity contribution in [1.82, 2.24) is 4.98 Å². The minimum Gasteiger partial charge on any atom is -0.489 e. The van der Waals surface area contributed by atoms with Crippen molar-refractivity contribution in [3.05, 3.63) is 52.7 Å². The van der Waals surface area contributed by atoms with Crippen LogP contribution in [0.3, 0.4) is 0 Å². The Balaban J connectivity index is 2.08. The maximum absolute atomic E-state index is 5.89. The second-order valence-electron chi connectivity index (χ2n) is 3.95. The molecular weight excluding hydrogens is 250 g/mol. The van der Waals surface area contributed by atoms with Gasteiger partial charge in [0.05, 0.1) is 7.11 Å². The molecule has 0 unspecified atom stereocenters. The molecule has 0 aliphatic carbocycles. The predicted octanol–water partition coefficient (Wildman–Crippen LogP) is 3.63. The summed E-state index contributed by atoms with van der Waals surface area (Å²) in [4.78, 5) is 4.01. The number of hydrogen-bond acceptors (Lipinski definition) is 3. The van der Waals surface area contributed by atoms with Crippen molar-refractivity contribution in [3.63, 3.8) is 0 Å². The number of rotatable bonds is 4. The normalized spacial score (nSPS) is 10.2. The minimum atomic E-state index is 0.400. The molecule has 0 aliphatic heterocycles. The first kappa shape index (κ1) is 12.7. The zero-order valence-corrected chi connectivity index (χ0v) is 11.1. The van der Waals surface area contributed by atoms with Crippen LogP contribution in [0.5, 0.6) is 11.6 Å². The zero-order chi connectivity index (χ0) is 13.0. The lowest BCUT2D eigenvalue weighted by molar-refractivity contribution is 0.304. The molecule has 0 N–H and O–H groups in total. The van der Waals surface area contributed by atoms with Crippen LogP contribution in [-0.2, 0) is 6.61 Å². The highest BCUT2D eigenvalue weighted by atomic mass is 35.5. The molecule has 0 spiro atoms. The minimum absolute atomic E-state index is 0.400. The van der Waals surface area contributed by atoms with E-state index in [-0.39, 0.29) is 0 Å². The number of hydrogen-bond donors (Lipinski definition) is 0. The van der Waals surface area contributed by atoms with Gasteiger partial charge in [-0.15, -0.1) is 0 Å². The van der Waals surface area contributed by atoms with E-state index in [9.17, 15) is 0 Å². The number of benzene rings is 1. The van der Waals surface area contributed by atoms with E-state index in [1.54, 1.807) is 13.2 Å². The number of aryl methyl sites for hydroxylation is 1. The van der Waals surface area contributed by atoms with Crippen LogP contribution in [0.25, 0.3) is 0 Å².